The maximum atomic E-state index is 16.5. The fourth-order valence-corrected chi connectivity index (χ4v) is 6.12. The second kappa shape index (κ2) is 10.9. The molecule has 4 heterocycles. The first kappa shape index (κ1) is 29.0. The van der Waals surface area contributed by atoms with Crippen LogP contribution in [-0.2, 0) is 11.0 Å². The highest BCUT2D eigenvalue weighted by Gasteiger charge is 2.39. The lowest BCUT2D eigenvalue weighted by Crippen LogP contribution is -2.55. The van der Waals surface area contributed by atoms with Crippen LogP contribution in [0.5, 0.6) is 11.9 Å². The summed E-state index contributed by atoms with van der Waals surface area (Å²) in [6, 6.07) is 2.43. The van der Waals surface area contributed by atoms with Gasteiger partial charge in [-0.3, -0.25) is 4.79 Å². The van der Waals surface area contributed by atoms with Gasteiger partial charge in [-0.05, 0) is 50.7 Å². The van der Waals surface area contributed by atoms with Crippen LogP contribution in [0.2, 0.25) is 0 Å². The molecule has 2 N–H and O–H groups in total. The summed E-state index contributed by atoms with van der Waals surface area (Å²) in [7, 11) is 1.93. The van der Waals surface area contributed by atoms with Crippen LogP contribution in [0, 0.1) is 11.6 Å². The van der Waals surface area contributed by atoms with E-state index in [9.17, 15) is 22.4 Å². The summed E-state index contributed by atoms with van der Waals surface area (Å²) >= 11 is 0.738. The Bertz CT molecular complexity index is 1760. The van der Waals surface area contributed by atoms with Gasteiger partial charge in [-0.1, -0.05) is 17.9 Å². The summed E-state index contributed by atoms with van der Waals surface area (Å²) in [6.45, 7) is 4.73. The van der Waals surface area contributed by atoms with Crippen molar-refractivity contribution in [3.8, 4) is 23.0 Å². The summed E-state index contributed by atoms with van der Waals surface area (Å²) in [4.78, 5) is 27.8. The molecule has 2 saturated heterocycles. The number of hydrogen-bond donors (Lipinski definition) is 1. The number of halogens is 5. The SMILES string of the molecule is C=CC(=O)N1CC(Oc2nc(OC[C@@H]3CCCN3C)nc3c(F)c(-c4ccc(F)c5sc(N)nc45)c(C(F)(F)F)cc23)C1. The van der Waals surface area contributed by atoms with E-state index in [1.807, 2.05) is 7.05 Å². The van der Waals surface area contributed by atoms with Crippen molar-refractivity contribution in [1.82, 2.24) is 24.8 Å². The fourth-order valence-electron chi connectivity index (χ4n) is 5.36. The van der Waals surface area contributed by atoms with E-state index in [0.717, 1.165) is 48.9 Å². The van der Waals surface area contributed by atoms with Crippen molar-refractivity contribution in [1.29, 1.82) is 0 Å². The summed E-state index contributed by atoms with van der Waals surface area (Å²) in [5.41, 5.74) is 2.51. The number of carbonyl (C=O) groups excluding carboxylic acids is 1. The van der Waals surface area contributed by atoms with Crippen molar-refractivity contribution in [2.24, 2.45) is 0 Å². The molecule has 226 valence electrons. The van der Waals surface area contributed by atoms with Gasteiger partial charge in [-0.15, -0.1) is 0 Å². The Morgan fingerprint density at radius 3 is 2.65 bits per heavy atom. The number of anilines is 1. The molecule has 1 atom stereocenters. The van der Waals surface area contributed by atoms with Crippen LogP contribution in [-0.4, -0.2) is 76.1 Å². The number of carbonyl (C=O) groups is 1. The maximum Gasteiger partial charge on any atom is 0.417 e. The lowest BCUT2D eigenvalue weighted by atomic mass is 9.95. The van der Waals surface area contributed by atoms with Gasteiger partial charge in [0, 0.05) is 17.2 Å². The first-order valence-electron chi connectivity index (χ1n) is 13.3. The van der Waals surface area contributed by atoms with Crippen molar-refractivity contribution in [3.63, 3.8) is 0 Å². The molecule has 0 spiro atoms. The van der Waals surface area contributed by atoms with Gasteiger partial charge in [-0.2, -0.15) is 23.1 Å². The lowest BCUT2D eigenvalue weighted by Gasteiger charge is -2.38. The smallest absolute Gasteiger partial charge is 0.417 e. The molecular weight excluding hydrogens is 595 g/mol. The molecule has 0 aliphatic carbocycles. The van der Waals surface area contributed by atoms with Crippen LogP contribution in [0.15, 0.2) is 30.9 Å². The van der Waals surface area contributed by atoms with E-state index < -0.39 is 40.6 Å². The highest BCUT2D eigenvalue weighted by atomic mass is 32.1. The van der Waals surface area contributed by atoms with Crippen LogP contribution < -0.4 is 15.2 Å². The van der Waals surface area contributed by atoms with Gasteiger partial charge < -0.3 is 25.0 Å². The number of alkyl halides is 3. The number of hydrogen-bond acceptors (Lipinski definition) is 9. The number of likely N-dealkylation sites (N-methyl/N-ethyl adjacent to an activating group) is 1. The number of thiazole rings is 1. The van der Waals surface area contributed by atoms with E-state index in [2.05, 4.69) is 26.4 Å². The van der Waals surface area contributed by atoms with Gasteiger partial charge in [0.25, 0.3) is 0 Å². The molecule has 2 aliphatic heterocycles. The zero-order chi connectivity index (χ0) is 30.6. The third-order valence-electron chi connectivity index (χ3n) is 7.65. The second-order valence-electron chi connectivity index (χ2n) is 10.4. The van der Waals surface area contributed by atoms with Crippen molar-refractivity contribution in [3.05, 3.63) is 48.1 Å². The Morgan fingerprint density at radius 2 is 1.98 bits per heavy atom. The third kappa shape index (κ3) is 5.31. The van der Waals surface area contributed by atoms with Gasteiger partial charge in [0.05, 0.1) is 34.3 Å². The van der Waals surface area contributed by atoms with Crippen LogP contribution in [0.4, 0.5) is 27.1 Å². The van der Waals surface area contributed by atoms with E-state index in [1.54, 1.807) is 0 Å². The van der Waals surface area contributed by atoms with E-state index >= 15 is 4.39 Å². The highest BCUT2D eigenvalue weighted by Crippen LogP contribution is 2.46. The summed E-state index contributed by atoms with van der Waals surface area (Å²) in [6.07, 6.45) is -2.71. The maximum absolute atomic E-state index is 16.5. The number of likely N-dealkylation sites (tertiary alicyclic amines) is 2. The van der Waals surface area contributed by atoms with E-state index in [4.69, 9.17) is 15.2 Å². The van der Waals surface area contributed by atoms with Crippen molar-refractivity contribution in [2.75, 3.05) is 39.0 Å². The molecule has 0 saturated carbocycles. The predicted octanol–water partition coefficient (Wildman–Crippen LogP) is 5.03. The molecule has 2 aromatic heterocycles. The number of amides is 1. The van der Waals surface area contributed by atoms with Crippen LogP contribution >= 0.6 is 11.3 Å². The number of nitrogen functional groups attached to an aromatic ring is 1. The first-order valence-corrected chi connectivity index (χ1v) is 14.1. The van der Waals surface area contributed by atoms with E-state index in [-0.39, 0.29) is 69.8 Å². The normalized spacial score (nSPS) is 17.9. The number of aromatic nitrogens is 3. The number of nitrogens with two attached hydrogens (primary N) is 1. The molecule has 15 heteroatoms. The van der Waals surface area contributed by atoms with Crippen LogP contribution in [0.3, 0.4) is 0 Å². The zero-order valence-corrected chi connectivity index (χ0v) is 23.6. The second-order valence-corrected chi connectivity index (χ2v) is 11.4. The Labute approximate surface area is 245 Å². The molecule has 0 radical (unpaired) electrons. The minimum Gasteiger partial charge on any atom is -0.470 e. The molecular formula is C28H25F5N6O3S. The van der Waals surface area contributed by atoms with E-state index in [1.165, 1.54) is 4.90 Å². The molecule has 9 nitrogen and oxygen atoms in total. The molecule has 2 aromatic carbocycles. The van der Waals surface area contributed by atoms with E-state index in [0.29, 0.717) is 6.07 Å². The number of rotatable bonds is 7. The lowest BCUT2D eigenvalue weighted by molar-refractivity contribution is -0.137. The van der Waals surface area contributed by atoms with Crippen molar-refractivity contribution in [2.45, 2.75) is 31.2 Å². The van der Waals surface area contributed by atoms with Crippen LogP contribution in [0.1, 0.15) is 18.4 Å². The molecule has 4 aromatic rings. The molecule has 0 unspecified atom stereocenters. The minimum absolute atomic E-state index is 0.0457. The van der Waals surface area contributed by atoms with Gasteiger partial charge >= 0.3 is 12.2 Å². The zero-order valence-electron chi connectivity index (χ0n) is 22.8. The standard InChI is InChI=1S/C28H25F5N6O3S/c1-3-19(40)39-10-14(11-39)42-25-16-9-17(28(31,32)33)20(15-6-7-18(29)24-23(15)35-26(34)43-24)21(30)22(16)36-27(37-25)41-12-13-5-4-8-38(13)2/h3,6-7,9,13-14H,1,4-5,8,10-12H2,2H3,(H2,34,35)/t13-/m0/s1. The number of ether oxygens (including phenoxy) is 2. The Balaban J connectivity index is 1.51. The molecule has 2 aliphatic rings. The Kier molecular flexibility index (Phi) is 7.32. The number of nitrogens with zero attached hydrogens (tertiary/aromatic N) is 5. The first-order chi connectivity index (χ1) is 20.4. The predicted molar refractivity (Wildman–Crippen MR) is 150 cm³/mol. The topological polar surface area (TPSA) is 107 Å². The molecule has 1 amide bonds. The summed E-state index contributed by atoms with van der Waals surface area (Å²) < 4.78 is 86.2. The summed E-state index contributed by atoms with van der Waals surface area (Å²) in [5, 5.41) is -0.435. The van der Waals surface area contributed by atoms with Crippen molar-refractivity contribution < 1.29 is 36.2 Å². The average molecular weight is 621 g/mol. The van der Waals surface area contributed by atoms with Gasteiger partial charge in [-0.25, -0.2) is 13.8 Å². The summed E-state index contributed by atoms with van der Waals surface area (Å²) in [5.74, 6) is -2.75. The average Bonchev–Trinajstić information content (AvgIpc) is 3.54. The minimum atomic E-state index is -5.05. The molecule has 43 heavy (non-hydrogen) atoms. The quantitative estimate of drug-likeness (QED) is 0.227. The molecule has 2 fully saturated rings. The number of fused-ring (bicyclic) bond motifs is 2. The van der Waals surface area contributed by atoms with Gasteiger partial charge in [0.1, 0.15) is 24.0 Å². The Hall–Kier alpha value is -4.11. The largest absolute Gasteiger partial charge is 0.470 e. The third-order valence-corrected chi connectivity index (χ3v) is 8.54. The Morgan fingerprint density at radius 1 is 1.21 bits per heavy atom. The van der Waals surface area contributed by atoms with Gasteiger partial charge in [0.2, 0.25) is 11.8 Å². The van der Waals surface area contributed by atoms with Gasteiger partial charge in [0.15, 0.2) is 10.9 Å². The highest BCUT2D eigenvalue weighted by molar-refractivity contribution is 7.22. The fraction of sp³-hybridized carbons (Fsp3) is 0.357. The monoisotopic (exact) mass is 620 g/mol. The van der Waals surface area contributed by atoms with Crippen molar-refractivity contribution >= 4 is 43.5 Å². The molecule has 0 bridgehead atoms. The number of benzene rings is 2. The van der Waals surface area contributed by atoms with Crippen LogP contribution in [0.25, 0.3) is 32.2 Å². The molecule has 6 rings (SSSR count).